The molecule has 1 heterocycles. The van der Waals surface area contributed by atoms with Crippen LogP contribution in [0.3, 0.4) is 0 Å². The summed E-state index contributed by atoms with van der Waals surface area (Å²) in [6.45, 7) is 2.17. The summed E-state index contributed by atoms with van der Waals surface area (Å²) in [5.74, 6) is 0.810. The van der Waals surface area contributed by atoms with Crippen LogP contribution in [0.4, 0.5) is 5.69 Å². The molecule has 1 aromatic rings. The minimum Gasteiger partial charge on any atom is -0.324 e. The Kier molecular flexibility index (Phi) is 2.71. The topological polar surface area (TPSA) is 41.1 Å². The van der Waals surface area contributed by atoms with Crippen molar-refractivity contribution in [2.24, 2.45) is 5.92 Å². The first-order chi connectivity index (χ1) is 8.15. The second kappa shape index (κ2) is 4.10. The third-order valence-corrected chi connectivity index (χ3v) is 4.10. The van der Waals surface area contributed by atoms with Crippen molar-refractivity contribution in [1.82, 2.24) is 5.32 Å². The Morgan fingerprint density at radius 2 is 2.24 bits per heavy atom. The van der Waals surface area contributed by atoms with Crippen molar-refractivity contribution in [2.75, 3.05) is 5.32 Å². The summed E-state index contributed by atoms with van der Waals surface area (Å²) in [4.78, 5) is 11.9. The maximum absolute atomic E-state index is 11.9. The molecular weight excluding hydrogens is 280 g/mol. The van der Waals surface area contributed by atoms with Gasteiger partial charge in [0.25, 0.3) is 0 Å². The molecule has 17 heavy (non-hydrogen) atoms. The quantitative estimate of drug-likeness (QED) is 0.900. The van der Waals surface area contributed by atoms with Crippen LogP contribution < -0.4 is 10.6 Å². The molecule has 2 atom stereocenters. The van der Waals surface area contributed by atoms with Gasteiger partial charge in [0.2, 0.25) is 5.91 Å². The van der Waals surface area contributed by atoms with Gasteiger partial charge in [0.05, 0.1) is 0 Å². The molecule has 1 aliphatic heterocycles. The number of anilines is 1. The minimum atomic E-state index is -0.196. The molecule has 3 nitrogen and oxygen atoms in total. The highest BCUT2D eigenvalue weighted by Crippen LogP contribution is 2.37. The maximum Gasteiger partial charge on any atom is 0.246 e. The van der Waals surface area contributed by atoms with Crippen LogP contribution in [0.1, 0.15) is 31.4 Å². The van der Waals surface area contributed by atoms with Gasteiger partial charge in [-0.15, -0.1) is 0 Å². The van der Waals surface area contributed by atoms with Gasteiger partial charge in [-0.3, -0.25) is 10.1 Å². The molecule has 0 bridgehead atoms. The Balaban J connectivity index is 1.84. The van der Waals surface area contributed by atoms with Crippen LogP contribution in [0.25, 0.3) is 0 Å². The van der Waals surface area contributed by atoms with Crippen LogP contribution in [0, 0.1) is 5.92 Å². The highest BCUT2D eigenvalue weighted by Gasteiger charge is 2.35. The number of hydrogen-bond donors (Lipinski definition) is 2. The minimum absolute atomic E-state index is 0.0607. The van der Waals surface area contributed by atoms with Gasteiger partial charge >= 0.3 is 0 Å². The summed E-state index contributed by atoms with van der Waals surface area (Å²) in [6, 6.07) is 6.13. The summed E-state index contributed by atoms with van der Waals surface area (Å²) in [5, 5.41) is 6.36. The van der Waals surface area contributed by atoms with Crippen molar-refractivity contribution >= 4 is 27.5 Å². The largest absolute Gasteiger partial charge is 0.324 e. The standard InChI is InChI=1S/C13H15BrN2O/c1-7(8-2-3-8)15-12-10-6-9(14)4-5-11(10)16-13(12)17/h4-8,12,15H,2-3H2,1H3,(H,16,17). The second-order valence-corrected chi connectivity index (χ2v) is 5.86. The molecule has 90 valence electrons. The summed E-state index contributed by atoms with van der Waals surface area (Å²) >= 11 is 3.45. The van der Waals surface area contributed by atoms with Gasteiger partial charge in [-0.05, 0) is 43.9 Å². The van der Waals surface area contributed by atoms with E-state index in [9.17, 15) is 4.79 Å². The fourth-order valence-corrected chi connectivity index (χ4v) is 2.77. The number of benzene rings is 1. The number of amides is 1. The number of carbonyl (C=O) groups is 1. The van der Waals surface area contributed by atoms with Gasteiger partial charge in [0.15, 0.2) is 0 Å². The monoisotopic (exact) mass is 294 g/mol. The molecule has 1 aromatic carbocycles. The van der Waals surface area contributed by atoms with Crippen molar-refractivity contribution < 1.29 is 4.79 Å². The third-order valence-electron chi connectivity index (χ3n) is 3.60. The van der Waals surface area contributed by atoms with Gasteiger partial charge in [-0.1, -0.05) is 15.9 Å². The van der Waals surface area contributed by atoms with Crippen LogP contribution in [0.5, 0.6) is 0 Å². The predicted octanol–water partition coefficient (Wildman–Crippen LogP) is 2.83. The second-order valence-electron chi connectivity index (χ2n) is 4.95. The average Bonchev–Trinajstić information content (AvgIpc) is 3.08. The lowest BCUT2D eigenvalue weighted by Crippen LogP contribution is -2.35. The molecule has 0 spiro atoms. The van der Waals surface area contributed by atoms with Gasteiger partial charge in [0.1, 0.15) is 6.04 Å². The fourth-order valence-electron chi connectivity index (χ4n) is 2.39. The molecule has 2 aliphatic rings. The number of halogens is 1. The lowest BCUT2D eigenvalue weighted by Gasteiger charge is -2.18. The molecule has 0 saturated heterocycles. The van der Waals surface area contributed by atoms with Crippen LogP contribution in [0.2, 0.25) is 0 Å². The summed E-state index contributed by atoms with van der Waals surface area (Å²) in [5.41, 5.74) is 1.98. The number of carbonyl (C=O) groups excluding carboxylic acids is 1. The van der Waals surface area contributed by atoms with Crippen molar-refractivity contribution in [3.63, 3.8) is 0 Å². The zero-order chi connectivity index (χ0) is 12.0. The Morgan fingerprint density at radius 1 is 1.47 bits per heavy atom. The Labute approximate surface area is 109 Å². The van der Waals surface area contributed by atoms with Gasteiger partial charge < -0.3 is 5.32 Å². The normalized spacial score (nSPS) is 24.4. The lowest BCUT2D eigenvalue weighted by molar-refractivity contribution is -0.117. The van der Waals surface area contributed by atoms with E-state index in [-0.39, 0.29) is 11.9 Å². The maximum atomic E-state index is 11.9. The van der Waals surface area contributed by atoms with Gasteiger partial charge in [-0.2, -0.15) is 0 Å². The lowest BCUT2D eigenvalue weighted by atomic mass is 10.1. The molecular formula is C13H15BrN2O. The summed E-state index contributed by atoms with van der Waals surface area (Å²) < 4.78 is 1.01. The first-order valence-electron chi connectivity index (χ1n) is 6.01. The first kappa shape index (κ1) is 11.2. The zero-order valence-electron chi connectivity index (χ0n) is 9.66. The Morgan fingerprint density at radius 3 is 2.94 bits per heavy atom. The van der Waals surface area contributed by atoms with E-state index in [1.54, 1.807) is 0 Å². The van der Waals surface area contributed by atoms with E-state index in [1.807, 2.05) is 18.2 Å². The van der Waals surface area contributed by atoms with Crippen LogP contribution in [0.15, 0.2) is 22.7 Å². The smallest absolute Gasteiger partial charge is 0.246 e. The number of fused-ring (bicyclic) bond motifs is 1. The molecule has 0 aromatic heterocycles. The molecule has 4 heteroatoms. The molecule has 1 saturated carbocycles. The molecule has 1 aliphatic carbocycles. The van der Waals surface area contributed by atoms with E-state index in [0.717, 1.165) is 21.6 Å². The highest BCUT2D eigenvalue weighted by atomic mass is 79.9. The Bertz CT molecular complexity index is 470. The summed E-state index contributed by atoms with van der Waals surface area (Å²) in [7, 11) is 0. The van der Waals surface area contributed by atoms with E-state index < -0.39 is 0 Å². The van der Waals surface area contributed by atoms with Gasteiger partial charge in [0, 0.05) is 21.8 Å². The number of rotatable bonds is 3. The fraction of sp³-hybridized carbons (Fsp3) is 0.462. The molecule has 1 fully saturated rings. The average molecular weight is 295 g/mol. The molecule has 3 rings (SSSR count). The zero-order valence-corrected chi connectivity index (χ0v) is 11.3. The van der Waals surface area contributed by atoms with Gasteiger partial charge in [-0.25, -0.2) is 0 Å². The highest BCUT2D eigenvalue weighted by molar-refractivity contribution is 9.10. The molecule has 1 amide bonds. The van der Waals surface area contributed by atoms with Crippen molar-refractivity contribution in [3.8, 4) is 0 Å². The van der Waals surface area contributed by atoms with Crippen molar-refractivity contribution in [1.29, 1.82) is 0 Å². The first-order valence-corrected chi connectivity index (χ1v) is 6.81. The van der Waals surface area contributed by atoms with Crippen LogP contribution in [-0.4, -0.2) is 11.9 Å². The third kappa shape index (κ3) is 2.11. The molecule has 0 radical (unpaired) electrons. The van der Waals surface area contributed by atoms with Crippen LogP contribution >= 0.6 is 15.9 Å². The van der Waals surface area contributed by atoms with E-state index >= 15 is 0 Å². The van der Waals surface area contributed by atoms with Crippen molar-refractivity contribution in [2.45, 2.75) is 31.8 Å². The number of nitrogens with one attached hydrogen (secondary N) is 2. The van der Waals surface area contributed by atoms with Crippen molar-refractivity contribution in [3.05, 3.63) is 28.2 Å². The van der Waals surface area contributed by atoms with E-state index in [1.165, 1.54) is 12.8 Å². The van der Waals surface area contributed by atoms with E-state index in [4.69, 9.17) is 0 Å². The van der Waals surface area contributed by atoms with E-state index in [0.29, 0.717) is 6.04 Å². The molecule has 2 unspecified atom stereocenters. The van der Waals surface area contributed by atoms with E-state index in [2.05, 4.69) is 33.5 Å². The number of hydrogen-bond acceptors (Lipinski definition) is 2. The predicted molar refractivity (Wildman–Crippen MR) is 70.8 cm³/mol. The molecule has 2 N–H and O–H groups in total. The SMILES string of the molecule is CC(NC1C(=O)Nc2ccc(Br)cc21)C1CC1. The Hall–Kier alpha value is -0.870. The van der Waals surface area contributed by atoms with Crippen LogP contribution in [-0.2, 0) is 4.79 Å². The summed E-state index contributed by atoms with van der Waals surface area (Å²) in [6.07, 6.45) is 2.57.